The first-order valence-electron chi connectivity index (χ1n) is 9.97. The highest BCUT2D eigenvalue weighted by atomic mass is 32.1. The van der Waals surface area contributed by atoms with Gasteiger partial charge in [-0.3, -0.25) is 9.59 Å². The fourth-order valence-electron chi connectivity index (χ4n) is 3.49. The van der Waals surface area contributed by atoms with Gasteiger partial charge in [-0.25, -0.2) is 14.5 Å². The number of carbonyl (C=O) groups is 2. The Labute approximate surface area is 179 Å². The normalized spacial score (nSPS) is 14.6. The Morgan fingerprint density at radius 2 is 1.87 bits per heavy atom. The van der Waals surface area contributed by atoms with Crippen LogP contribution < -0.4 is 10.9 Å². The van der Waals surface area contributed by atoms with Crippen LogP contribution in [0, 0.1) is 20.8 Å². The van der Waals surface area contributed by atoms with Gasteiger partial charge in [-0.05, 0) is 46.1 Å². The molecule has 1 aliphatic heterocycles. The first-order chi connectivity index (χ1) is 14.2. The predicted molar refractivity (Wildman–Crippen MR) is 114 cm³/mol. The van der Waals surface area contributed by atoms with Gasteiger partial charge >= 0.3 is 6.09 Å². The standard InChI is InChI=1S/C20H27N5O4S/c1-6-29-20(28)25-9-7-14(8-10-25)22-17(26)16-13(4)21-18(30-16)15-11(2)12(3)23-24(5)19(15)27/h14H,6-10H2,1-5H3,(H,22,26). The summed E-state index contributed by atoms with van der Waals surface area (Å²) < 4.78 is 6.32. The topological polar surface area (TPSA) is 106 Å². The first kappa shape index (κ1) is 21.9. The Morgan fingerprint density at radius 3 is 2.50 bits per heavy atom. The van der Waals surface area contributed by atoms with Gasteiger partial charge in [-0.15, -0.1) is 11.3 Å². The molecule has 1 aliphatic rings. The van der Waals surface area contributed by atoms with Gasteiger partial charge in [-0.1, -0.05) is 0 Å². The third kappa shape index (κ3) is 4.38. The number of rotatable bonds is 4. The number of aromatic nitrogens is 3. The number of likely N-dealkylation sites (tertiary alicyclic amines) is 1. The predicted octanol–water partition coefficient (Wildman–Crippen LogP) is 2.18. The van der Waals surface area contributed by atoms with Crippen molar-refractivity contribution in [1.82, 2.24) is 25.0 Å². The fraction of sp³-hybridized carbons (Fsp3) is 0.550. The zero-order chi connectivity index (χ0) is 22.0. The molecule has 0 aromatic carbocycles. The van der Waals surface area contributed by atoms with E-state index >= 15 is 0 Å². The SMILES string of the molecule is CCOC(=O)N1CCC(NC(=O)c2sc(-c3c(C)c(C)nn(C)c3=O)nc2C)CC1. The number of ether oxygens (including phenoxy) is 1. The van der Waals surface area contributed by atoms with E-state index in [0.29, 0.717) is 53.7 Å². The van der Waals surface area contributed by atoms with E-state index in [1.807, 2.05) is 13.8 Å². The van der Waals surface area contributed by atoms with Crippen LogP contribution in [0.3, 0.4) is 0 Å². The molecule has 3 rings (SSSR count). The van der Waals surface area contributed by atoms with E-state index in [4.69, 9.17) is 4.74 Å². The van der Waals surface area contributed by atoms with Crippen molar-refractivity contribution >= 4 is 23.3 Å². The zero-order valence-corrected chi connectivity index (χ0v) is 18.8. The molecule has 30 heavy (non-hydrogen) atoms. The van der Waals surface area contributed by atoms with E-state index in [2.05, 4.69) is 15.4 Å². The van der Waals surface area contributed by atoms with E-state index in [-0.39, 0.29) is 23.6 Å². The van der Waals surface area contributed by atoms with Gasteiger partial charge in [0.1, 0.15) is 9.88 Å². The zero-order valence-electron chi connectivity index (χ0n) is 17.9. The maximum absolute atomic E-state index is 12.9. The second kappa shape index (κ2) is 8.95. The molecule has 2 aromatic rings. The molecule has 3 heterocycles. The Bertz CT molecular complexity index is 1020. The van der Waals surface area contributed by atoms with E-state index in [1.165, 1.54) is 16.0 Å². The molecule has 1 saturated heterocycles. The molecule has 2 amide bonds. The van der Waals surface area contributed by atoms with E-state index < -0.39 is 0 Å². The number of aryl methyl sites for hydroxylation is 3. The van der Waals surface area contributed by atoms with Crippen molar-refractivity contribution in [2.24, 2.45) is 7.05 Å². The smallest absolute Gasteiger partial charge is 0.409 e. The lowest BCUT2D eigenvalue weighted by molar-refractivity contribution is 0.0862. The minimum Gasteiger partial charge on any atom is -0.450 e. The molecular weight excluding hydrogens is 406 g/mol. The second-order valence-corrected chi connectivity index (χ2v) is 8.38. The summed E-state index contributed by atoms with van der Waals surface area (Å²) >= 11 is 1.22. The lowest BCUT2D eigenvalue weighted by atomic mass is 10.1. The number of carbonyl (C=O) groups excluding carboxylic acids is 2. The minimum atomic E-state index is -0.310. The van der Waals surface area contributed by atoms with E-state index in [9.17, 15) is 14.4 Å². The molecule has 2 aromatic heterocycles. The summed E-state index contributed by atoms with van der Waals surface area (Å²) in [6, 6.07) is -0.0223. The lowest BCUT2D eigenvalue weighted by Crippen LogP contribution is -2.46. The summed E-state index contributed by atoms with van der Waals surface area (Å²) in [5.41, 5.74) is 2.36. The van der Waals surface area contributed by atoms with Crippen LogP contribution in [0.4, 0.5) is 4.79 Å². The summed E-state index contributed by atoms with van der Waals surface area (Å²) in [6.07, 6.45) is 1.02. The molecule has 0 saturated carbocycles. The molecule has 9 nitrogen and oxygen atoms in total. The Balaban J connectivity index is 1.73. The number of nitrogens with one attached hydrogen (secondary N) is 1. The van der Waals surface area contributed by atoms with Crippen molar-refractivity contribution in [2.75, 3.05) is 19.7 Å². The molecule has 0 spiro atoms. The monoisotopic (exact) mass is 433 g/mol. The van der Waals surface area contributed by atoms with Crippen molar-refractivity contribution < 1.29 is 14.3 Å². The molecule has 0 aliphatic carbocycles. The molecule has 0 atom stereocenters. The summed E-state index contributed by atoms with van der Waals surface area (Å²) in [5.74, 6) is -0.203. The quantitative estimate of drug-likeness (QED) is 0.792. The average molecular weight is 434 g/mol. The number of amides is 2. The van der Waals surface area contributed by atoms with Crippen LogP contribution in [0.25, 0.3) is 10.6 Å². The van der Waals surface area contributed by atoms with Gasteiger partial charge in [0.2, 0.25) is 0 Å². The van der Waals surface area contributed by atoms with Crippen molar-refractivity contribution in [2.45, 2.75) is 46.6 Å². The summed E-state index contributed by atoms with van der Waals surface area (Å²) in [5, 5.41) is 7.76. The lowest BCUT2D eigenvalue weighted by Gasteiger charge is -2.31. The number of hydrogen-bond donors (Lipinski definition) is 1. The highest BCUT2D eigenvalue weighted by molar-refractivity contribution is 7.17. The van der Waals surface area contributed by atoms with Crippen LogP contribution in [0.1, 0.15) is 46.4 Å². The molecule has 10 heteroatoms. The highest BCUT2D eigenvalue weighted by Crippen LogP contribution is 2.29. The molecule has 162 valence electrons. The Kier molecular flexibility index (Phi) is 6.55. The van der Waals surface area contributed by atoms with Gasteiger partial charge in [0.05, 0.1) is 23.6 Å². The highest BCUT2D eigenvalue weighted by Gasteiger charge is 2.27. The molecule has 0 radical (unpaired) electrons. The molecule has 0 unspecified atom stereocenters. The van der Waals surface area contributed by atoms with Crippen molar-refractivity contribution in [3.05, 3.63) is 32.2 Å². The molecule has 1 N–H and O–H groups in total. The summed E-state index contributed by atoms with van der Waals surface area (Å²) in [4.78, 5) is 43.9. The average Bonchev–Trinajstić information content (AvgIpc) is 3.09. The van der Waals surface area contributed by atoms with Gasteiger partial charge in [0.15, 0.2) is 0 Å². The summed E-state index contributed by atoms with van der Waals surface area (Å²) in [7, 11) is 1.61. The van der Waals surface area contributed by atoms with Gasteiger partial charge in [-0.2, -0.15) is 5.10 Å². The van der Waals surface area contributed by atoms with Crippen LogP contribution >= 0.6 is 11.3 Å². The second-order valence-electron chi connectivity index (χ2n) is 7.38. The largest absolute Gasteiger partial charge is 0.450 e. The number of hydrogen-bond acceptors (Lipinski definition) is 7. The van der Waals surface area contributed by atoms with Crippen LogP contribution in [0.15, 0.2) is 4.79 Å². The van der Waals surface area contributed by atoms with Crippen molar-refractivity contribution in [1.29, 1.82) is 0 Å². The molecule has 0 bridgehead atoms. The fourth-order valence-corrected chi connectivity index (χ4v) is 4.55. The maximum atomic E-state index is 12.9. The van der Waals surface area contributed by atoms with Crippen molar-refractivity contribution in [3.63, 3.8) is 0 Å². The number of thiazole rings is 1. The van der Waals surface area contributed by atoms with Gasteiger partial charge < -0.3 is 15.0 Å². The van der Waals surface area contributed by atoms with E-state index in [0.717, 1.165) is 11.3 Å². The third-order valence-electron chi connectivity index (χ3n) is 5.30. The Hall–Kier alpha value is -2.75. The maximum Gasteiger partial charge on any atom is 0.409 e. The van der Waals surface area contributed by atoms with Crippen molar-refractivity contribution in [3.8, 4) is 10.6 Å². The molecule has 1 fully saturated rings. The molecular formula is C20H27N5O4S. The number of piperidine rings is 1. The van der Waals surface area contributed by atoms with Crippen LogP contribution in [-0.4, -0.2) is 57.4 Å². The van der Waals surface area contributed by atoms with E-state index in [1.54, 1.807) is 25.8 Å². The third-order valence-corrected chi connectivity index (χ3v) is 6.47. The van der Waals surface area contributed by atoms with Gasteiger partial charge in [0.25, 0.3) is 11.5 Å². The van der Waals surface area contributed by atoms with Crippen LogP contribution in [0.2, 0.25) is 0 Å². The minimum absolute atomic E-state index is 0.0223. The van der Waals surface area contributed by atoms with Gasteiger partial charge in [0, 0.05) is 26.2 Å². The van der Waals surface area contributed by atoms with Crippen LogP contribution in [-0.2, 0) is 11.8 Å². The first-order valence-corrected chi connectivity index (χ1v) is 10.8. The Morgan fingerprint density at radius 1 is 1.20 bits per heavy atom. The van der Waals surface area contributed by atoms with Crippen LogP contribution in [0.5, 0.6) is 0 Å². The number of nitrogens with zero attached hydrogens (tertiary/aromatic N) is 4. The summed E-state index contributed by atoms with van der Waals surface area (Å²) in [6.45, 7) is 8.67.